The molecular formula is C50H114Ge2Si6. The summed E-state index contributed by atoms with van der Waals surface area (Å²) in [5.41, 5.74) is 0. The average Bonchev–Trinajstić information content (AvgIpc) is 2.75. The van der Waals surface area contributed by atoms with E-state index in [1.54, 1.807) is 0 Å². The monoisotopic (exact) mass is 1030 g/mol. The molecule has 0 amide bonds. The van der Waals surface area contributed by atoms with Crippen LogP contribution >= 0.6 is 0 Å². The van der Waals surface area contributed by atoms with Gasteiger partial charge in [0, 0.05) is 15.7 Å². The van der Waals surface area contributed by atoms with E-state index in [1.807, 2.05) is 27.5 Å². The Kier molecular flexibility index (Phi) is 20.7. The molecular weight excluding hydrogens is 914 g/mol. The third-order valence-electron chi connectivity index (χ3n) is 15.8. The third kappa shape index (κ3) is 10.6. The van der Waals surface area contributed by atoms with Crippen LogP contribution in [0.3, 0.4) is 0 Å². The van der Waals surface area contributed by atoms with Gasteiger partial charge < -0.3 is 0 Å². The van der Waals surface area contributed by atoms with Gasteiger partial charge in [-0.15, -0.1) is 0 Å². The van der Waals surface area contributed by atoms with Crippen LogP contribution in [-0.4, -0.2) is 73.5 Å². The van der Waals surface area contributed by atoms with Gasteiger partial charge in [-0.3, -0.25) is 0 Å². The summed E-state index contributed by atoms with van der Waals surface area (Å²) in [7, 11) is -8.52. The van der Waals surface area contributed by atoms with Crippen LogP contribution in [0.5, 0.6) is 0 Å². The Morgan fingerprint density at radius 1 is 0.190 bits per heavy atom. The Hall–Kier alpha value is 2.39. The Morgan fingerprint density at radius 2 is 0.241 bits per heavy atom. The van der Waals surface area contributed by atoms with Crippen molar-refractivity contribution in [3.05, 3.63) is 0 Å². The van der Waals surface area contributed by atoms with Gasteiger partial charge in [0.15, 0.2) is 0 Å². The summed E-state index contributed by atoms with van der Waals surface area (Å²) in [5, 5.41) is 4.58. The molecule has 58 heavy (non-hydrogen) atoms. The van der Waals surface area contributed by atoms with Crippen LogP contribution in [-0.2, 0) is 0 Å². The summed E-state index contributed by atoms with van der Waals surface area (Å²) in [5.74, 6) is 0. The van der Waals surface area contributed by atoms with E-state index >= 15 is 0 Å². The molecule has 0 aromatic heterocycles. The molecule has 0 fully saturated rings. The molecule has 0 nitrogen and oxygen atoms in total. The quantitative estimate of drug-likeness (QED) is 0.246. The molecule has 0 aliphatic heterocycles. The first-order chi connectivity index (χ1) is 24.3. The van der Waals surface area contributed by atoms with E-state index in [1.165, 1.54) is 0 Å². The van der Waals surface area contributed by atoms with Crippen LogP contribution < -0.4 is 0 Å². The van der Waals surface area contributed by atoms with E-state index in [-0.39, 0.29) is 0 Å². The molecule has 0 saturated carbocycles. The van der Waals surface area contributed by atoms with Crippen LogP contribution in [0.1, 0.15) is 249 Å². The van der Waals surface area contributed by atoms with Crippen LogP contribution in [0.25, 0.3) is 0 Å². The molecule has 4 radical (unpaired) electrons. The second-order valence-corrected chi connectivity index (χ2v) is 78.8. The summed E-state index contributed by atoms with van der Waals surface area (Å²) in [4.78, 5) is 0. The standard InChI is InChI=1S/2C25H57Si3.Ge2/c2*1-20(2,3)27(21(4,5)6,22(7,8)9)26(19)28(23(10,11)12,24(13,14)15)25(16,17)18;1-2/h2*1-19H3;. The van der Waals surface area contributed by atoms with Crippen LogP contribution in [0.4, 0.5) is 0 Å². The van der Waals surface area contributed by atoms with E-state index in [9.17, 15) is 0 Å². The normalized spacial score (nSPS) is 16.2. The summed E-state index contributed by atoms with van der Waals surface area (Å²) in [6.07, 6.45) is 0. The van der Waals surface area contributed by atoms with Crippen molar-refractivity contribution < 1.29 is 0 Å². The van der Waals surface area contributed by atoms with Crippen LogP contribution in [0.2, 0.25) is 73.6 Å². The molecule has 346 valence electrons. The maximum atomic E-state index is 2.84. The predicted octanol–water partition coefficient (Wildman–Crippen LogP) is 19.2. The second-order valence-electron chi connectivity index (χ2n) is 31.2. The first-order valence-corrected chi connectivity index (χ1v) is 45.8. The summed E-state index contributed by atoms with van der Waals surface area (Å²) < 4.78 is 0. The third-order valence-corrected chi connectivity index (χ3v) is 101. The second kappa shape index (κ2) is 18.6. The molecule has 0 spiro atoms. The predicted molar refractivity (Wildman–Crippen MR) is 294 cm³/mol. The first kappa shape index (κ1) is 64.7. The Morgan fingerprint density at radius 3 is 0.276 bits per heavy atom. The molecule has 0 atom stereocenters. The van der Waals surface area contributed by atoms with Crippen molar-refractivity contribution in [2.75, 3.05) is 0 Å². The Bertz CT molecular complexity index is 977. The molecule has 0 aromatic carbocycles. The zero-order valence-corrected chi connectivity index (χ0v) is 58.2. The topological polar surface area (TPSA) is 0 Å². The van der Waals surface area contributed by atoms with Gasteiger partial charge in [0.2, 0.25) is 0 Å². The average molecular weight is 1030 g/mol. The molecule has 8 heteroatoms. The van der Waals surface area contributed by atoms with Crippen molar-refractivity contribution in [2.45, 2.75) is 323 Å². The van der Waals surface area contributed by atoms with E-state index in [2.05, 4.69) is 262 Å². The van der Waals surface area contributed by atoms with Crippen molar-refractivity contribution in [3.63, 3.8) is 0 Å². The summed E-state index contributed by atoms with van der Waals surface area (Å²) in [6, 6.07) is 0. The van der Waals surface area contributed by atoms with Crippen molar-refractivity contribution in [1.29, 1.82) is 0 Å². The molecule has 0 aliphatic rings. The van der Waals surface area contributed by atoms with Crippen LogP contribution in [0.15, 0.2) is 0 Å². The van der Waals surface area contributed by atoms with Gasteiger partial charge >= 0.3 is 27.5 Å². The minimum absolute atomic E-state index is 0.381. The molecule has 0 heterocycles. The number of hydrogen-bond donors (Lipinski definition) is 0. The van der Waals surface area contributed by atoms with E-state index in [0.29, 0.717) is 60.5 Å². The zero-order valence-electron chi connectivity index (χ0n) is 48.0. The maximum absolute atomic E-state index is 2.84. The Labute approximate surface area is 393 Å². The van der Waals surface area contributed by atoms with Gasteiger partial charge in [-0.25, -0.2) is 0 Å². The van der Waals surface area contributed by atoms with Crippen molar-refractivity contribution in [1.82, 2.24) is 0 Å². The van der Waals surface area contributed by atoms with Crippen molar-refractivity contribution in [2.24, 2.45) is 0 Å². The Balaban J connectivity index is -0.000001000. The molecule has 0 rings (SSSR count). The first-order valence-electron chi connectivity index (χ1n) is 23.2. The summed E-state index contributed by atoms with van der Waals surface area (Å²) in [6.45, 7) is 99.6. The SMILES string of the molecule is C[Si]([Si](C(C)(C)C)(C(C)(C)C)C(C)(C)C)[Si](C(C)(C)C)(C(C)(C)C)C(C)(C)C.C[Si]([Si](C(C)(C)C)(C(C)(C)C)C(C)(C)C)[Si](C(C)(C)C)(C(C)(C)C)C(C)(C)C.[Ge]#[Ge]. The van der Waals surface area contributed by atoms with Gasteiger partial charge in [-0.2, -0.15) is 0 Å². The van der Waals surface area contributed by atoms with Crippen molar-refractivity contribution in [3.8, 4) is 0 Å². The molecule has 0 bridgehead atoms. The fraction of sp³-hybridized carbons (Fsp3) is 1.00. The van der Waals surface area contributed by atoms with E-state index in [0.717, 1.165) is 0 Å². The molecule has 0 saturated heterocycles. The van der Waals surface area contributed by atoms with E-state index in [4.69, 9.17) is 0 Å². The number of hydrogen-bond acceptors (Lipinski definition) is 0. The van der Waals surface area contributed by atoms with Crippen LogP contribution in [0, 0.1) is 0 Å². The van der Waals surface area contributed by atoms with Gasteiger partial charge in [-0.05, 0) is 60.5 Å². The minimum atomic E-state index is -1.80. The van der Waals surface area contributed by atoms with E-state index < -0.39 is 46.0 Å². The van der Waals surface area contributed by atoms with Crippen molar-refractivity contribution >= 4 is 73.5 Å². The molecule has 0 aliphatic carbocycles. The molecule has 0 aromatic rings. The number of rotatable bonds is 4. The molecule has 0 N–H and O–H groups in total. The molecule has 0 unspecified atom stereocenters. The fourth-order valence-corrected chi connectivity index (χ4v) is 157. The summed E-state index contributed by atoms with van der Waals surface area (Å²) >= 11 is 4.00. The van der Waals surface area contributed by atoms with Gasteiger partial charge in [0.1, 0.15) is 0 Å². The van der Waals surface area contributed by atoms with Gasteiger partial charge in [0.05, 0.1) is 30.4 Å². The zero-order chi connectivity index (χ0) is 49.2. The van der Waals surface area contributed by atoms with Gasteiger partial charge in [-0.1, -0.05) is 262 Å². The van der Waals surface area contributed by atoms with Gasteiger partial charge in [0.25, 0.3) is 0 Å². The fourth-order valence-electron chi connectivity index (χ4n) is 20.8.